The summed E-state index contributed by atoms with van der Waals surface area (Å²) in [7, 11) is 0. The van der Waals surface area contributed by atoms with Gasteiger partial charge in [-0.25, -0.2) is 0 Å². The highest BCUT2D eigenvalue weighted by Crippen LogP contribution is 2.45. The lowest BCUT2D eigenvalue weighted by Gasteiger charge is -2.17. The van der Waals surface area contributed by atoms with Gasteiger partial charge in [-0.2, -0.15) is 0 Å². The molecule has 0 saturated heterocycles. The standard InChI is InChI=1S/C66H43N3/c1-4-19-44(20-5-1)47-25-18-26-50(41-47)67-59-32-15-11-28-53(59)55-38-40-63-65(66(55)67)56-30-13-17-34-61(56)68(63)58-31-14-10-27-51(58)49-36-39-62-57(42-49)54-29-12-16-33-60(54)69(62)64-43-48(45-21-6-2-7-22-45)35-37-52(64)46-23-8-3-9-24-46/h1-43H. The quantitative estimate of drug-likeness (QED) is 0.152. The van der Waals surface area contributed by atoms with Crippen molar-refractivity contribution in [2.45, 2.75) is 0 Å². The molecule has 0 aliphatic carbocycles. The molecular formula is C66H43N3. The molecule has 0 unspecified atom stereocenters. The highest BCUT2D eigenvalue weighted by Gasteiger charge is 2.23. The number of nitrogens with zero attached hydrogens (tertiary/aromatic N) is 3. The summed E-state index contributed by atoms with van der Waals surface area (Å²) < 4.78 is 7.46. The molecule has 0 spiro atoms. The van der Waals surface area contributed by atoms with Gasteiger partial charge in [-0.3, -0.25) is 0 Å². The average Bonchev–Trinajstić information content (AvgIpc) is 4.07. The van der Waals surface area contributed by atoms with Gasteiger partial charge in [0.1, 0.15) is 0 Å². The van der Waals surface area contributed by atoms with Crippen LogP contribution in [0.15, 0.2) is 261 Å². The fourth-order valence-electron chi connectivity index (χ4n) is 11.2. The molecule has 3 heterocycles. The SMILES string of the molecule is c1ccc(-c2cccc(-n3c4ccccc4c4ccc5c(c6ccccc6n5-c5ccccc5-c5ccc6c(c5)c5ccccc5n6-c5cc(-c6ccccc6)ccc5-c5ccccc5)c43)c2)cc1. The molecule has 14 aromatic rings. The van der Waals surface area contributed by atoms with Crippen molar-refractivity contribution >= 4 is 65.4 Å². The van der Waals surface area contributed by atoms with E-state index in [9.17, 15) is 0 Å². The second-order valence-electron chi connectivity index (χ2n) is 18.0. The van der Waals surface area contributed by atoms with Crippen LogP contribution in [0.5, 0.6) is 0 Å². The second kappa shape index (κ2) is 15.7. The Labute approximate surface area is 399 Å². The molecular weight excluding hydrogens is 835 g/mol. The molecule has 3 heteroatoms. The zero-order chi connectivity index (χ0) is 45.4. The Kier molecular flexibility index (Phi) is 8.90. The van der Waals surface area contributed by atoms with E-state index in [0.29, 0.717) is 0 Å². The van der Waals surface area contributed by atoms with Crippen LogP contribution in [0.4, 0.5) is 0 Å². The van der Waals surface area contributed by atoms with Gasteiger partial charge in [0, 0.05) is 49.1 Å². The molecule has 0 radical (unpaired) electrons. The van der Waals surface area contributed by atoms with Gasteiger partial charge in [0.25, 0.3) is 0 Å². The maximum atomic E-state index is 2.50. The monoisotopic (exact) mass is 877 g/mol. The van der Waals surface area contributed by atoms with E-state index in [-0.39, 0.29) is 0 Å². The van der Waals surface area contributed by atoms with Gasteiger partial charge in [-0.1, -0.05) is 200 Å². The first-order valence-electron chi connectivity index (χ1n) is 23.8. The van der Waals surface area contributed by atoms with E-state index in [0.717, 1.165) is 17.1 Å². The minimum Gasteiger partial charge on any atom is -0.309 e. The van der Waals surface area contributed by atoms with Crippen molar-refractivity contribution in [2.75, 3.05) is 0 Å². The molecule has 0 aliphatic heterocycles. The molecule has 3 nitrogen and oxygen atoms in total. The Bertz CT molecular complexity index is 4290. The summed E-state index contributed by atoms with van der Waals surface area (Å²) in [5.74, 6) is 0. The number of benzene rings is 11. The number of rotatable bonds is 7. The van der Waals surface area contributed by atoms with Gasteiger partial charge >= 0.3 is 0 Å². The smallest absolute Gasteiger partial charge is 0.0641 e. The molecule has 69 heavy (non-hydrogen) atoms. The second-order valence-corrected chi connectivity index (χ2v) is 18.0. The van der Waals surface area contributed by atoms with Crippen molar-refractivity contribution in [3.05, 3.63) is 261 Å². The third kappa shape index (κ3) is 6.14. The number of fused-ring (bicyclic) bond motifs is 10. The molecule has 0 bridgehead atoms. The summed E-state index contributed by atoms with van der Waals surface area (Å²) >= 11 is 0. The summed E-state index contributed by atoms with van der Waals surface area (Å²) in [6, 6.07) is 95.5. The molecule has 0 N–H and O–H groups in total. The van der Waals surface area contributed by atoms with E-state index >= 15 is 0 Å². The predicted octanol–water partition coefficient (Wildman–Crippen LogP) is 17.6. The van der Waals surface area contributed by atoms with Crippen molar-refractivity contribution in [2.24, 2.45) is 0 Å². The maximum Gasteiger partial charge on any atom is 0.0641 e. The van der Waals surface area contributed by atoms with Crippen molar-refractivity contribution < 1.29 is 0 Å². The van der Waals surface area contributed by atoms with Crippen LogP contribution in [0.2, 0.25) is 0 Å². The highest BCUT2D eigenvalue weighted by atomic mass is 15.0. The molecule has 0 amide bonds. The Hall–Kier alpha value is -9.18. The first-order valence-corrected chi connectivity index (χ1v) is 23.8. The molecule has 322 valence electrons. The third-order valence-electron chi connectivity index (χ3n) is 14.2. The van der Waals surface area contributed by atoms with Crippen LogP contribution in [-0.2, 0) is 0 Å². The molecule has 3 aromatic heterocycles. The lowest BCUT2D eigenvalue weighted by molar-refractivity contribution is 1.17. The van der Waals surface area contributed by atoms with Gasteiger partial charge in [-0.15, -0.1) is 0 Å². The Balaban J connectivity index is 0.994. The minimum atomic E-state index is 1.14. The molecule has 0 fully saturated rings. The number of para-hydroxylation sites is 4. The van der Waals surface area contributed by atoms with Crippen LogP contribution >= 0.6 is 0 Å². The summed E-state index contributed by atoms with van der Waals surface area (Å²) in [5, 5.41) is 7.39. The van der Waals surface area contributed by atoms with E-state index in [1.807, 2.05) is 0 Å². The lowest BCUT2D eigenvalue weighted by Crippen LogP contribution is -1.99. The van der Waals surface area contributed by atoms with Crippen molar-refractivity contribution in [1.29, 1.82) is 0 Å². The predicted molar refractivity (Wildman–Crippen MR) is 291 cm³/mol. The van der Waals surface area contributed by atoms with E-state index in [1.54, 1.807) is 0 Å². The third-order valence-corrected chi connectivity index (χ3v) is 14.2. The van der Waals surface area contributed by atoms with Crippen LogP contribution in [0, 0.1) is 0 Å². The molecule has 0 atom stereocenters. The van der Waals surface area contributed by atoms with Gasteiger partial charge in [0.15, 0.2) is 0 Å². The van der Waals surface area contributed by atoms with Crippen molar-refractivity contribution in [3.63, 3.8) is 0 Å². The lowest BCUT2D eigenvalue weighted by atomic mass is 9.97. The minimum absolute atomic E-state index is 1.14. The normalized spacial score (nSPS) is 11.8. The molecule has 0 saturated carbocycles. The fraction of sp³-hybridized carbons (Fsp3) is 0. The summed E-state index contributed by atoms with van der Waals surface area (Å²) in [5.41, 5.74) is 20.0. The molecule has 11 aromatic carbocycles. The van der Waals surface area contributed by atoms with Crippen LogP contribution in [0.25, 0.3) is 127 Å². The zero-order valence-electron chi connectivity index (χ0n) is 37.7. The Morgan fingerprint density at radius 2 is 0.710 bits per heavy atom. The average molecular weight is 878 g/mol. The summed E-state index contributed by atoms with van der Waals surface area (Å²) in [4.78, 5) is 0. The Morgan fingerprint density at radius 1 is 0.217 bits per heavy atom. The van der Waals surface area contributed by atoms with E-state index in [1.165, 1.54) is 110 Å². The van der Waals surface area contributed by atoms with Crippen LogP contribution in [0.1, 0.15) is 0 Å². The van der Waals surface area contributed by atoms with Crippen molar-refractivity contribution in [1.82, 2.24) is 13.7 Å². The number of aromatic nitrogens is 3. The molecule has 14 rings (SSSR count). The van der Waals surface area contributed by atoms with Gasteiger partial charge < -0.3 is 13.7 Å². The fourth-order valence-corrected chi connectivity index (χ4v) is 11.2. The van der Waals surface area contributed by atoms with Crippen LogP contribution < -0.4 is 0 Å². The van der Waals surface area contributed by atoms with E-state index < -0.39 is 0 Å². The van der Waals surface area contributed by atoms with E-state index in [2.05, 4.69) is 275 Å². The van der Waals surface area contributed by atoms with Crippen molar-refractivity contribution in [3.8, 4) is 61.6 Å². The first-order chi connectivity index (χ1) is 34.3. The van der Waals surface area contributed by atoms with Gasteiger partial charge in [0.05, 0.1) is 44.5 Å². The zero-order valence-corrected chi connectivity index (χ0v) is 37.7. The Morgan fingerprint density at radius 3 is 1.43 bits per heavy atom. The largest absolute Gasteiger partial charge is 0.309 e. The maximum absolute atomic E-state index is 2.50. The van der Waals surface area contributed by atoms with Gasteiger partial charge in [-0.05, 0) is 94.0 Å². The topological polar surface area (TPSA) is 14.8 Å². The van der Waals surface area contributed by atoms with Crippen LogP contribution in [0.3, 0.4) is 0 Å². The summed E-state index contributed by atoms with van der Waals surface area (Å²) in [6.45, 7) is 0. The number of hydrogen-bond acceptors (Lipinski definition) is 0. The summed E-state index contributed by atoms with van der Waals surface area (Å²) in [6.07, 6.45) is 0. The number of hydrogen-bond donors (Lipinski definition) is 0. The van der Waals surface area contributed by atoms with Crippen LogP contribution in [-0.4, -0.2) is 13.7 Å². The first kappa shape index (κ1) is 39.0. The van der Waals surface area contributed by atoms with E-state index in [4.69, 9.17) is 0 Å². The highest BCUT2D eigenvalue weighted by molar-refractivity contribution is 6.26. The van der Waals surface area contributed by atoms with Gasteiger partial charge in [0.2, 0.25) is 0 Å². The molecule has 0 aliphatic rings.